The van der Waals surface area contributed by atoms with Gasteiger partial charge in [-0.25, -0.2) is 8.42 Å². The van der Waals surface area contributed by atoms with Crippen LogP contribution in [0.5, 0.6) is 0 Å². The van der Waals surface area contributed by atoms with Crippen LogP contribution in [0.4, 0.5) is 0 Å². The van der Waals surface area contributed by atoms with Gasteiger partial charge in [0.2, 0.25) is 0 Å². The third kappa shape index (κ3) is 8.49. The third-order valence-corrected chi connectivity index (χ3v) is 7.64. The molecule has 2 rings (SSSR count). The molecule has 9 heteroatoms. The number of nitrogens with one attached hydrogen (secondary N) is 2. The van der Waals surface area contributed by atoms with Gasteiger partial charge in [-0.1, -0.05) is 12.1 Å². The van der Waals surface area contributed by atoms with Crippen LogP contribution in [0.2, 0.25) is 0 Å². The van der Waals surface area contributed by atoms with Gasteiger partial charge in [0.05, 0.1) is 11.5 Å². The van der Waals surface area contributed by atoms with Crippen LogP contribution >= 0.6 is 51.7 Å². The standard InChI is InChI=1S/C16H24BrN3O2S2.HI/c1-18-16(20-13-8-11-24(21,22)12-13)19-9-4-5-10-23-15-7-3-2-6-14(15)17;/h2-3,6-7,13H,4-5,8-12H2,1H3,(H2,18,19,20);1H. The number of sulfone groups is 1. The van der Waals surface area contributed by atoms with E-state index in [9.17, 15) is 8.42 Å². The van der Waals surface area contributed by atoms with Crippen molar-refractivity contribution < 1.29 is 8.42 Å². The molecule has 5 nitrogen and oxygen atoms in total. The summed E-state index contributed by atoms with van der Waals surface area (Å²) in [6.07, 6.45) is 2.81. The SMILES string of the molecule is CN=C(NCCCCSc1ccccc1Br)NC1CCS(=O)(=O)C1.I. The maximum atomic E-state index is 11.5. The lowest BCUT2D eigenvalue weighted by Crippen LogP contribution is -2.44. The van der Waals surface area contributed by atoms with Gasteiger partial charge in [-0.05, 0) is 53.1 Å². The predicted molar refractivity (Wildman–Crippen MR) is 121 cm³/mol. The molecule has 1 heterocycles. The number of aliphatic imine (C=N–C) groups is 1. The Balaban J connectivity index is 0.00000312. The molecule has 1 aromatic carbocycles. The smallest absolute Gasteiger partial charge is 0.191 e. The van der Waals surface area contributed by atoms with Crippen molar-refractivity contribution in [1.82, 2.24) is 10.6 Å². The fourth-order valence-corrected chi connectivity index (χ4v) is 5.73. The summed E-state index contributed by atoms with van der Waals surface area (Å²) in [5.74, 6) is 2.23. The van der Waals surface area contributed by atoms with Gasteiger partial charge in [-0.3, -0.25) is 4.99 Å². The third-order valence-electron chi connectivity index (χ3n) is 3.75. The molecule has 2 N–H and O–H groups in total. The summed E-state index contributed by atoms with van der Waals surface area (Å²) in [7, 11) is -1.15. The van der Waals surface area contributed by atoms with Gasteiger partial charge >= 0.3 is 0 Å². The Morgan fingerprint density at radius 2 is 2.12 bits per heavy atom. The van der Waals surface area contributed by atoms with Crippen molar-refractivity contribution in [3.05, 3.63) is 28.7 Å². The van der Waals surface area contributed by atoms with E-state index >= 15 is 0 Å². The molecule has 1 fully saturated rings. The van der Waals surface area contributed by atoms with Crippen LogP contribution < -0.4 is 10.6 Å². The number of hydrogen-bond donors (Lipinski definition) is 2. The van der Waals surface area contributed by atoms with E-state index in [1.54, 1.807) is 7.05 Å². The van der Waals surface area contributed by atoms with Crippen LogP contribution in [0.25, 0.3) is 0 Å². The first-order valence-electron chi connectivity index (χ1n) is 8.05. The number of halogens is 2. The fourth-order valence-electron chi connectivity index (χ4n) is 2.47. The summed E-state index contributed by atoms with van der Waals surface area (Å²) in [6, 6.07) is 8.23. The van der Waals surface area contributed by atoms with Crippen LogP contribution in [-0.2, 0) is 9.84 Å². The summed E-state index contributed by atoms with van der Waals surface area (Å²) in [6.45, 7) is 0.829. The molecule has 0 saturated carbocycles. The van der Waals surface area contributed by atoms with E-state index in [1.165, 1.54) is 4.90 Å². The van der Waals surface area contributed by atoms with Crippen molar-refractivity contribution in [2.75, 3.05) is 30.9 Å². The Morgan fingerprint density at radius 1 is 1.36 bits per heavy atom. The minimum atomic E-state index is -2.86. The molecular formula is C16H25BrIN3O2S2. The Hall–Kier alpha value is -0.000000000000000222. The molecule has 1 saturated heterocycles. The zero-order valence-corrected chi connectivity index (χ0v) is 19.8. The van der Waals surface area contributed by atoms with Crippen molar-refractivity contribution in [3.8, 4) is 0 Å². The Morgan fingerprint density at radius 3 is 2.76 bits per heavy atom. The number of guanidine groups is 1. The number of unbranched alkanes of at least 4 members (excludes halogenated alkanes) is 1. The van der Waals surface area contributed by atoms with Crippen LogP contribution in [-0.4, -0.2) is 51.3 Å². The zero-order chi connectivity index (χ0) is 17.4. The fraction of sp³-hybridized carbons (Fsp3) is 0.562. The summed E-state index contributed by atoms with van der Waals surface area (Å²) < 4.78 is 24.1. The van der Waals surface area contributed by atoms with Crippen LogP contribution in [0.1, 0.15) is 19.3 Å². The van der Waals surface area contributed by atoms with Gasteiger partial charge in [-0.2, -0.15) is 0 Å². The molecule has 25 heavy (non-hydrogen) atoms. The van der Waals surface area contributed by atoms with Gasteiger partial charge < -0.3 is 10.6 Å². The Bertz CT molecular complexity index is 671. The maximum absolute atomic E-state index is 11.5. The molecule has 1 aliphatic heterocycles. The highest BCUT2D eigenvalue weighted by molar-refractivity contribution is 14.0. The second kappa shape index (κ2) is 11.7. The van der Waals surface area contributed by atoms with Gasteiger partial charge in [-0.15, -0.1) is 35.7 Å². The van der Waals surface area contributed by atoms with Crippen molar-refractivity contribution >= 4 is 67.5 Å². The average Bonchev–Trinajstić information content (AvgIpc) is 2.89. The second-order valence-corrected chi connectivity index (χ2v) is 9.95. The summed E-state index contributed by atoms with van der Waals surface area (Å²) in [5, 5.41) is 6.45. The van der Waals surface area contributed by atoms with E-state index in [1.807, 2.05) is 23.9 Å². The Kier molecular flexibility index (Phi) is 10.7. The number of benzene rings is 1. The van der Waals surface area contributed by atoms with E-state index in [-0.39, 0.29) is 41.5 Å². The van der Waals surface area contributed by atoms with Crippen LogP contribution in [0, 0.1) is 0 Å². The van der Waals surface area contributed by atoms with E-state index in [0.29, 0.717) is 12.4 Å². The zero-order valence-electron chi connectivity index (χ0n) is 14.2. The van der Waals surface area contributed by atoms with E-state index in [0.717, 1.165) is 29.6 Å². The highest BCUT2D eigenvalue weighted by Gasteiger charge is 2.28. The summed E-state index contributed by atoms with van der Waals surface area (Å²) in [5.41, 5.74) is 0. The first-order valence-corrected chi connectivity index (χ1v) is 11.6. The normalized spacial score (nSPS) is 19.3. The molecule has 1 unspecified atom stereocenters. The quantitative estimate of drug-likeness (QED) is 0.176. The molecule has 0 amide bonds. The van der Waals surface area contributed by atoms with Crippen LogP contribution in [0.3, 0.4) is 0 Å². The lowest BCUT2D eigenvalue weighted by Gasteiger charge is -2.16. The van der Waals surface area contributed by atoms with E-state index in [2.05, 4.69) is 43.7 Å². The molecular weight excluding hydrogens is 537 g/mol. The number of hydrogen-bond acceptors (Lipinski definition) is 4. The molecule has 0 aromatic heterocycles. The number of nitrogens with zero attached hydrogens (tertiary/aromatic N) is 1. The summed E-state index contributed by atoms with van der Waals surface area (Å²) >= 11 is 5.41. The van der Waals surface area contributed by atoms with Crippen LogP contribution in [0.15, 0.2) is 38.6 Å². The molecule has 1 aromatic rings. The number of thioether (sulfide) groups is 1. The first kappa shape index (κ1) is 23.0. The van der Waals surface area contributed by atoms with E-state index in [4.69, 9.17) is 0 Å². The molecule has 142 valence electrons. The minimum Gasteiger partial charge on any atom is -0.356 e. The van der Waals surface area contributed by atoms with Gasteiger partial charge in [0.15, 0.2) is 15.8 Å². The molecule has 0 spiro atoms. The highest BCUT2D eigenvalue weighted by atomic mass is 127. The predicted octanol–water partition coefficient (Wildman–Crippen LogP) is 3.29. The van der Waals surface area contributed by atoms with Crippen molar-refractivity contribution in [3.63, 3.8) is 0 Å². The lowest BCUT2D eigenvalue weighted by atomic mass is 10.3. The van der Waals surface area contributed by atoms with Crippen molar-refractivity contribution in [2.45, 2.75) is 30.2 Å². The highest BCUT2D eigenvalue weighted by Crippen LogP contribution is 2.27. The monoisotopic (exact) mass is 561 g/mol. The first-order chi connectivity index (χ1) is 11.5. The lowest BCUT2D eigenvalue weighted by molar-refractivity contribution is 0.599. The average molecular weight is 562 g/mol. The van der Waals surface area contributed by atoms with Gasteiger partial charge in [0.25, 0.3) is 0 Å². The largest absolute Gasteiger partial charge is 0.356 e. The van der Waals surface area contributed by atoms with Crippen molar-refractivity contribution in [2.24, 2.45) is 4.99 Å². The molecule has 1 atom stereocenters. The number of rotatable bonds is 7. The molecule has 1 aliphatic rings. The van der Waals surface area contributed by atoms with Gasteiger partial charge in [0, 0.05) is 29.0 Å². The van der Waals surface area contributed by atoms with Gasteiger partial charge in [0.1, 0.15) is 0 Å². The maximum Gasteiger partial charge on any atom is 0.191 e. The molecule has 0 bridgehead atoms. The van der Waals surface area contributed by atoms with Crippen molar-refractivity contribution in [1.29, 1.82) is 0 Å². The Labute approximate surface area is 180 Å². The molecule has 0 radical (unpaired) electrons. The second-order valence-electron chi connectivity index (χ2n) is 5.73. The topological polar surface area (TPSA) is 70.6 Å². The minimum absolute atomic E-state index is 0. The molecule has 0 aliphatic carbocycles. The summed E-state index contributed by atoms with van der Waals surface area (Å²) in [4.78, 5) is 5.43. The van der Waals surface area contributed by atoms with E-state index < -0.39 is 9.84 Å².